The largest absolute Gasteiger partial charge is 0.477 e. The van der Waals surface area contributed by atoms with E-state index in [1.807, 2.05) is 0 Å². The van der Waals surface area contributed by atoms with Crippen LogP contribution < -0.4 is 5.32 Å². The van der Waals surface area contributed by atoms with Crippen molar-refractivity contribution in [2.24, 2.45) is 0 Å². The number of hydrogen-bond acceptors (Lipinski definition) is 4. The highest BCUT2D eigenvalue weighted by Gasteiger charge is 2.21. The molecule has 0 bridgehead atoms. The fourth-order valence-corrected chi connectivity index (χ4v) is 1.99. The molecule has 2 aromatic heterocycles. The van der Waals surface area contributed by atoms with Gasteiger partial charge in [0.25, 0.3) is 5.91 Å². The van der Waals surface area contributed by atoms with Gasteiger partial charge >= 0.3 is 5.97 Å². The van der Waals surface area contributed by atoms with Crippen LogP contribution in [0, 0.1) is 13.8 Å². The van der Waals surface area contributed by atoms with E-state index in [1.165, 1.54) is 0 Å². The lowest BCUT2D eigenvalue weighted by molar-refractivity contribution is 0.0690. The number of aromatic amines is 1. The molecule has 7 heteroatoms. The molecular weight excluding hydrogens is 260 g/mol. The van der Waals surface area contributed by atoms with Crippen molar-refractivity contribution in [2.45, 2.75) is 20.4 Å². The third-order valence-electron chi connectivity index (χ3n) is 2.94. The molecule has 104 valence electrons. The number of carboxylic acids is 1. The summed E-state index contributed by atoms with van der Waals surface area (Å²) in [6, 6.07) is 3.47. The summed E-state index contributed by atoms with van der Waals surface area (Å²) >= 11 is 0. The minimum absolute atomic E-state index is 0.0344. The van der Waals surface area contributed by atoms with E-state index >= 15 is 0 Å². The highest BCUT2D eigenvalue weighted by Crippen LogP contribution is 2.17. The van der Waals surface area contributed by atoms with Crippen LogP contribution >= 0.6 is 0 Å². The van der Waals surface area contributed by atoms with E-state index in [9.17, 15) is 9.59 Å². The molecule has 2 rings (SSSR count). The molecule has 2 aromatic rings. The molecule has 0 fully saturated rings. The Morgan fingerprint density at radius 1 is 1.40 bits per heavy atom. The summed E-state index contributed by atoms with van der Waals surface area (Å²) in [5.74, 6) is -1.42. The summed E-state index contributed by atoms with van der Waals surface area (Å²) in [7, 11) is 0. The predicted octanol–water partition coefficient (Wildman–Crippen LogP) is 1.05. The minimum Gasteiger partial charge on any atom is -0.477 e. The third kappa shape index (κ3) is 2.66. The Morgan fingerprint density at radius 2 is 2.15 bits per heavy atom. The van der Waals surface area contributed by atoms with Crippen molar-refractivity contribution in [3.8, 4) is 0 Å². The van der Waals surface area contributed by atoms with Crippen LogP contribution in [0.15, 0.2) is 18.3 Å². The number of carbonyl (C=O) groups is 2. The average Bonchev–Trinajstić information content (AvgIpc) is 2.73. The maximum absolute atomic E-state index is 12.1. The first-order chi connectivity index (χ1) is 9.50. The van der Waals surface area contributed by atoms with Gasteiger partial charge in [-0.15, -0.1) is 0 Å². The zero-order valence-corrected chi connectivity index (χ0v) is 11.1. The molecule has 0 saturated heterocycles. The Labute approximate surface area is 115 Å². The highest BCUT2D eigenvalue weighted by atomic mass is 16.4. The van der Waals surface area contributed by atoms with Crippen LogP contribution in [0.1, 0.15) is 37.8 Å². The van der Waals surface area contributed by atoms with E-state index in [1.54, 1.807) is 32.2 Å². The van der Waals surface area contributed by atoms with E-state index in [-0.39, 0.29) is 18.1 Å². The number of carbonyl (C=O) groups excluding carboxylic acids is 1. The van der Waals surface area contributed by atoms with Gasteiger partial charge in [0.15, 0.2) is 0 Å². The van der Waals surface area contributed by atoms with Crippen molar-refractivity contribution in [1.82, 2.24) is 20.5 Å². The number of H-pyrrole nitrogens is 1. The first-order valence-electron chi connectivity index (χ1n) is 5.98. The maximum Gasteiger partial charge on any atom is 0.352 e. The van der Waals surface area contributed by atoms with Crippen molar-refractivity contribution >= 4 is 11.9 Å². The minimum atomic E-state index is -1.08. The molecule has 7 nitrogen and oxygen atoms in total. The predicted molar refractivity (Wildman–Crippen MR) is 70.4 cm³/mol. The van der Waals surface area contributed by atoms with Crippen molar-refractivity contribution in [3.63, 3.8) is 0 Å². The normalized spacial score (nSPS) is 10.3. The highest BCUT2D eigenvalue weighted by molar-refractivity contribution is 6.00. The molecule has 0 saturated carbocycles. The second-order valence-electron chi connectivity index (χ2n) is 4.33. The lowest BCUT2D eigenvalue weighted by Crippen LogP contribution is -2.24. The molecule has 0 radical (unpaired) electrons. The Hall–Kier alpha value is -2.70. The second kappa shape index (κ2) is 5.52. The van der Waals surface area contributed by atoms with Gasteiger partial charge in [-0.1, -0.05) is 0 Å². The van der Waals surface area contributed by atoms with E-state index in [2.05, 4.69) is 20.5 Å². The van der Waals surface area contributed by atoms with Crippen LogP contribution in [0.5, 0.6) is 0 Å². The quantitative estimate of drug-likeness (QED) is 0.772. The molecule has 3 N–H and O–H groups in total. The number of rotatable bonds is 4. The number of nitrogens with one attached hydrogen (secondary N) is 2. The molecule has 1 amide bonds. The van der Waals surface area contributed by atoms with Gasteiger partial charge in [0.1, 0.15) is 5.69 Å². The first-order valence-corrected chi connectivity index (χ1v) is 5.98. The zero-order chi connectivity index (χ0) is 14.7. The maximum atomic E-state index is 12.1. The number of aromatic nitrogens is 3. The topological polar surface area (TPSA) is 108 Å². The SMILES string of the molecule is Cc1[nH]c(C(=O)O)c(C)c1C(=O)NCc1cccnn1. The number of nitrogens with zero attached hydrogens (tertiary/aromatic N) is 2. The number of aryl methyl sites for hydroxylation is 1. The van der Waals surface area contributed by atoms with Crippen LogP contribution in [-0.2, 0) is 6.54 Å². The van der Waals surface area contributed by atoms with Gasteiger partial charge in [-0.3, -0.25) is 4.79 Å². The summed E-state index contributed by atoms with van der Waals surface area (Å²) < 4.78 is 0. The summed E-state index contributed by atoms with van der Waals surface area (Å²) in [6.07, 6.45) is 1.55. The lowest BCUT2D eigenvalue weighted by Gasteiger charge is -2.05. The Balaban J connectivity index is 2.16. The second-order valence-corrected chi connectivity index (χ2v) is 4.33. The Kier molecular flexibility index (Phi) is 3.79. The lowest BCUT2D eigenvalue weighted by atomic mass is 10.1. The van der Waals surface area contributed by atoms with Crippen LogP contribution in [-0.4, -0.2) is 32.2 Å². The van der Waals surface area contributed by atoms with Gasteiger partial charge in [0.2, 0.25) is 0 Å². The number of hydrogen-bond donors (Lipinski definition) is 3. The van der Waals surface area contributed by atoms with Gasteiger partial charge < -0.3 is 15.4 Å². The molecule has 2 heterocycles. The van der Waals surface area contributed by atoms with E-state index < -0.39 is 5.97 Å². The molecule has 0 aromatic carbocycles. The zero-order valence-electron chi connectivity index (χ0n) is 11.1. The van der Waals surface area contributed by atoms with E-state index in [0.717, 1.165) is 0 Å². The van der Waals surface area contributed by atoms with Gasteiger partial charge in [0, 0.05) is 11.9 Å². The van der Waals surface area contributed by atoms with Crippen LogP contribution in [0.25, 0.3) is 0 Å². The molecule has 20 heavy (non-hydrogen) atoms. The fourth-order valence-electron chi connectivity index (χ4n) is 1.99. The summed E-state index contributed by atoms with van der Waals surface area (Å²) in [5.41, 5.74) is 1.96. The molecule has 0 aliphatic carbocycles. The van der Waals surface area contributed by atoms with E-state index in [4.69, 9.17) is 5.11 Å². The standard InChI is InChI=1S/C13H14N4O3/c1-7-10(8(2)16-11(7)13(19)20)12(18)14-6-9-4-3-5-15-17-9/h3-5,16H,6H2,1-2H3,(H,14,18)(H,19,20). The van der Waals surface area contributed by atoms with Crippen molar-refractivity contribution in [1.29, 1.82) is 0 Å². The summed E-state index contributed by atoms with van der Waals surface area (Å²) in [4.78, 5) is 25.8. The number of amides is 1. The van der Waals surface area contributed by atoms with Crippen LogP contribution in [0.3, 0.4) is 0 Å². The van der Waals surface area contributed by atoms with E-state index in [0.29, 0.717) is 22.5 Å². The monoisotopic (exact) mass is 274 g/mol. The first kappa shape index (κ1) is 13.7. The number of aromatic carboxylic acids is 1. The van der Waals surface area contributed by atoms with Gasteiger partial charge in [0.05, 0.1) is 17.8 Å². The third-order valence-corrected chi connectivity index (χ3v) is 2.94. The van der Waals surface area contributed by atoms with Gasteiger partial charge in [-0.25, -0.2) is 4.79 Å². The molecular formula is C13H14N4O3. The molecule has 0 spiro atoms. The smallest absolute Gasteiger partial charge is 0.352 e. The average molecular weight is 274 g/mol. The molecule has 0 unspecified atom stereocenters. The number of carboxylic acid groups (broad SMARTS) is 1. The van der Waals surface area contributed by atoms with Crippen molar-refractivity contribution < 1.29 is 14.7 Å². The fraction of sp³-hybridized carbons (Fsp3) is 0.231. The molecule has 0 atom stereocenters. The van der Waals surface area contributed by atoms with Gasteiger partial charge in [-0.2, -0.15) is 10.2 Å². The Bertz CT molecular complexity index is 649. The molecule has 0 aliphatic rings. The summed E-state index contributed by atoms with van der Waals surface area (Å²) in [5, 5.41) is 19.3. The summed E-state index contributed by atoms with van der Waals surface area (Å²) in [6.45, 7) is 3.50. The Morgan fingerprint density at radius 3 is 2.70 bits per heavy atom. The molecule has 0 aliphatic heterocycles. The van der Waals surface area contributed by atoms with Crippen molar-refractivity contribution in [2.75, 3.05) is 0 Å². The van der Waals surface area contributed by atoms with Crippen molar-refractivity contribution in [3.05, 3.63) is 46.5 Å². The van der Waals surface area contributed by atoms with Crippen LogP contribution in [0.2, 0.25) is 0 Å². The van der Waals surface area contributed by atoms with Gasteiger partial charge in [-0.05, 0) is 31.5 Å². The van der Waals surface area contributed by atoms with Crippen LogP contribution in [0.4, 0.5) is 0 Å².